The van der Waals surface area contributed by atoms with E-state index in [0.29, 0.717) is 44.1 Å². The second-order valence-electron chi connectivity index (χ2n) is 32.6. The van der Waals surface area contributed by atoms with Crippen LogP contribution in [0.15, 0.2) is 16.8 Å². The van der Waals surface area contributed by atoms with Crippen LogP contribution in [0, 0.1) is 35.5 Å². The van der Waals surface area contributed by atoms with E-state index in [1.165, 1.54) is 73.5 Å². The number of hydrogen-bond donors (Lipinski definition) is 16. The number of likely N-dealkylation sites (tertiary alicyclic amines) is 1. The maximum Gasteiger partial charge on any atom is 0.331 e. The number of aliphatic hydroxyl groups is 3. The summed E-state index contributed by atoms with van der Waals surface area (Å²) >= 11 is 0. The highest BCUT2D eigenvalue weighted by atomic mass is 16.5. The maximum atomic E-state index is 15.1. The van der Waals surface area contributed by atoms with Gasteiger partial charge in [-0.25, -0.2) is 4.79 Å². The topological polar surface area (TPSA) is 504 Å². The zero-order valence-corrected chi connectivity index (χ0v) is 72.1. The number of amides is 14. The molecule has 11 unspecified atom stereocenters. The molecular weight excluding hydrogens is 1500 g/mol. The number of nitrogens with one attached hydrogen (secondary N) is 13. The van der Waals surface area contributed by atoms with Gasteiger partial charge in [0.2, 0.25) is 76.8 Å². The number of aliphatic imine (C=N–C) groups is 1. The minimum absolute atomic E-state index is 0.0620. The monoisotopic (exact) mass is 1640 g/mol. The first-order valence-electron chi connectivity index (χ1n) is 41.5. The molecule has 3 rings (SSSR count). The first kappa shape index (κ1) is 101. The molecule has 0 saturated carbocycles. The summed E-state index contributed by atoms with van der Waals surface area (Å²) in [6.07, 6.45) is 8.21. The Labute approximate surface area is 684 Å². The summed E-state index contributed by atoms with van der Waals surface area (Å²) in [5, 5.41) is 65.9. The van der Waals surface area contributed by atoms with Gasteiger partial charge in [-0.05, 0) is 95.3 Å². The third-order valence-corrected chi connectivity index (χ3v) is 21.6. The summed E-state index contributed by atoms with van der Waals surface area (Å²) in [6.45, 7) is 26.1. The molecule has 0 aromatic carbocycles. The van der Waals surface area contributed by atoms with Crippen molar-refractivity contribution in [3.05, 3.63) is 11.8 Å². The lowest BCUT2D eigenvalue weighted by Gasteiger charge is -2.40. The number of carbonyl (C=O) groups is 15. The van der Waals surface area contributed by atoms with Crippen molar-refractivity contribution in [3.8, 4) is 0 Å². The number of rotatable bonds is 37. The van der Waals surface area contributed by atoms with Crippen LogP contribution >= 0.6 is 0 Å². The lowest BCUT2D eigenvalue weighted by molar-refractivity contribution is -0.157. The first-order valence-corrected chi connectivity index (χ1v) is 41.5. The lowest BCUT2D eigenvalue weighted by Crippen LogP contribution is -2.66. The average Bonchev–Trinajstić information content (AvgIpc) is 1.49. The van der Waals surface area contributed by atoms with Crippen molar-refractivity contribution in [1.82, 2.24) is 83.8 Å². The maximum absolute atomic E-state index is 15.1. The fraction of sp³-hybridized carbons (Fsp3) is 0.775. The molecule has 36 nitrogen and oxygen atoms in total. The molecule has 0 radical (unpaired) electrons. The minimum Gasteiger partial charge on any atom is -0.458 e. The number of esters is 1. The van der Waals surface area contributed by atoms with Crippen LogP contribution in [0.5, 0.6) is 0 Å². The van der Waals surface area contributed by atoms with Gasteiger partial charge in [-0.15, -0.1) is 0 Å². The van der Waals surface area contributed by atoms with Gasteiger partial charge in [-0.3, -0.25) is 72.1 Å². The number of allylic oxidation sites excluding steroid dienone is 1. The fourth-order valence-electron chi connectivity index (χ4n) is 14.0. The highest BCUT2D eigenvalue weighted by molar-refractivity contribution is 6.03. The van der Waals surface area contributed by atoms with Gasteiger partial charge >= 0.3 is 5.97 Å². The summed E-state index contributed by atoms with van der Waals surface area (Å²) in [5.41, 5.74) is -0.487. The van der Waals surface area contributed by atoms with Gasteiger partial charge in [0.15, 0.2) is 5.96 Å². The van der Waals surface area contributed by atoms with Crippen molar-refractivity contribution in [2.45, 2.75) is 317 Å². The van der Waals surface area contributed by atoms with Crippen LogP contribution in [0.3, 0.4) is 0 Å². The van der Waals surface area contributed by atoms with Gasteiger partial charge in [0.05, 0.1) is 31.4 Å². The highest BCUT2D eigenvalue weighted by Gasteiger charge is 2.46. The van der Waals surface area contributed by atoms with Crippen LogP contribution in [0.25, 0.3) is 0 Å². The molecule has 3 saturated heterocycles. The average molecular weight is 1640 g/mol. The molecule has 14 amide bonds. The predicted octanol–water partition coefficient (Wildman–Crippen LogP) is -0.206. The van der Waals surface area contributed by atoms with Gasteiger partial charge in [-0.2, -0.15) is 0 Å². The molecule has 18 atom stereocenters. The third-order valence-electron chi connectivity index (χ3n) is 21.6. The molecule has 0 aromatic heterocycles. The number of nitrogens with zero attached hydrogens (tertiary/aromatic N) is 4. The molecule has 3 heterocycles. The molecule has 0 aromatic rings. The molecule has 116 heavy (non-hydrogen) atoms. The highest BCUT2D eigenvalue weighted by Crippen LogP contribution is 2.25. The molecule has 3 aliphatic rings. The molecule has 0 bridgehead atoms. The molecular formula is C80H139N17O19. The van der Waals surface area contributed by atoms with Gasteiger partial charge in [-0.1, -0.05) is 160 Å². The van der Waals surface area contributed by atoms with Crippen LogP contribution in [0.2, 0.25) is 0 Å². The van der Waals surface area contributed by atoms with E-state index in [0.717, 1.165) is 30.6 Å². The number of unbranched alkanes of at least 4 members (excludes halogenated alkanes) is 7. The fourth-order valence-corrected chi connectivity index (χ4v) is 14.0. The van der Waals surface area contributed by atoms with E-state index < -0.39 is 228 Å². The van der Waals surface area contributed by atoms with E-state index in [1.807, 2.05) is 0 Å². The molecule has 3 aliphatic heterocycles. The molecule has 0 spiro atoms. The summed E-state index contributed by atoms with van der Waals surface area (Å²) < 4.78 is 6.10. The third kappa shape index (κ3) is 30.8. The van der Waals surface area contributed by atoms with Crippen LogP contribution in [-0.4, -0.2) is 269 Å². The van der Waals surface area contributed by atoms with Gasteiger partial charge in [0.1, 0.15) is 84.3 Å². The van der Waals surface area contributed by atoms with E-state index in [2.05, 4.69) is 88.0 Å². The molecule has 16 N–H and O–H groups in total. The number of cyclic esters (lactones) is 1. The van der Waals surface area contributed by atoms with Gasteiger partial charge < -0.3 is 104 Å². The van der Waals surface area contributed by atoms with E-state index in [-0.39, 0.29) is 38.1 Å². The molecule has 3 fully saturated rings. The zero-order valence-electron chi connectivity index (χ0n) is 72.1. The predicted molar refractivity (Wildman–Crippen MR) is 434 cm³/mol. The van der Waals surface area contributed by atoms with Crippen molar-refractivity contribution in [3.63, 3.8) is 0 Å². The van der Waals surface area contributed by atoms with Crippen molar-refractivity contribution in [1.29, 1.82) is 0 Å². The summed E-state index contributed by atoms with van der Waals surface area (Å²) in [5.74, 6) is -16.2. The first-order chi connectivity index (χ1) is 54.5. The minimum atomic E-state index is -1.98. The van der Waals surface area contributed by atoms with E-state index in [9.17, 15) is 77.6 Å². The van der Waals surface area contributed by atoms with Crippen molar-refractivity contribution in [2.75, 3.05) is 47.4 Å². The van der Waals surface area contributed by atoms with Crippen LogP contribution in [0.4, 0.5) is 0 Å². The largest absolute Gasteiger partial charge is 0.458 e. The molecule has 0 aliphatic carbocycles. The normalized spacial score (nSPS) is 24.3. The van der Waals surface area contributed by atoms with Crippen LogP contribution in [0.1, 0.15) is 220 Å². The molecule has 658 valence electrons. The van der Waals surface area contributed by atoms with Crippen LogP contribution in [-0.2, 0) is 76.7 Å². The number of aliphatic hydroxyl groups excluding tert-OH is 3. The summed E-state index contributed by atoms with van der Waals surface area (Å²) in [4.78, 5) is 223. The van der Waals surface area contributed by atoms with Crippen LogP contribution < -0.4 is 69.1 Å². The Morgan fingerprint density at radius 2 is 1.20 bits per heavy atom. The van der Waals surface area contributed by atoms with E-state index in [1.54, 1.807) is 93.0 Å². The quantitative estimate of drug-likeness (QED) is 0.0217. The Hall–Kier alpha value is -9.06. The Morgan fingerprint density at radius 3 is 1.73 bits per heavy atom. The van der Waals surface area contributed by atoms with Gasteiger partial charge in [0.25, 0.3) is 5.91 Å². The summed E-state index contributed by atoms with van der Waals surface area (Å²) in [6, 6.07) is -19.1. The van der Waals surface area contributed by atoms with Crippen molar-refractivity contribution < 1.29 is 92.0 Å². The van der Waals surface area contributed by atoms with E-state index >= 15 is 9.59 Å². The summed E-state index contributed by atoms with van der Waals surface area (Å²) in [7, 11) is 4.41. The number of hydrogen-bond acceptors (Lipinski definition) is 20. The smallest absolute Gasteiger partial charge is 0.331 e. The van der Waals surface area contributed by atoms with E-state index in [4.69, 9.17) is 4.74 Å². The number of carbonyl (C=O) groups excluding carboxylic acids is 15. The lowest BCUT2D eigenvalue weighted by atomic mass is 9.95. The SMILES string of the molecule is CC/C=C(/NC(=O)C(C)NC(=O)C(NC(=O)C(NC(=O)CNC(=O)[C@H]([C@@H](C)O)N(C)C(=O)C1CCCN1C(=O)CCCCCCCCCCC(C)C)C(C)C)C(C)CC)C(=O)N[C@H]1C(=O)NC(C(C)C)C(=O)NC(C(C)C)C(=O)N[C@H]([C@@H](C)O)C(=O)NC(CO)C(=O)NC(C(C)CC)C(=O)N[C@@H](C2CCNC(=NC)N2C)C(=O)O[C@@H]1C. The Balaban J connectivity index is 1.94. The Kier molecular flexibility index (Phi) is 43.5. The van der Waals surface area contributed by atoms with Gasteiger partial charge in [0, 0.05) is 40.7 Å². The second kappa shape index (κ2) is 49.9. The standard InChI is InChI=1S/C80H139N17O19/c1-21-33-52(85-67(103)48(14)84-73(109)61(46(12)22-2)91-70(106)58(43(6)7)87-56(101)40-83-77(113)66(50(16)100)96(20)78(114)55-35-32-39-97(55)57(102)36-31-29-27-25-24-26-28-30-34-42(4)5)68(104)93-64-51(17)116-79(115)65(54-37-38-82-80(81-18)95(54)19)94-74(110)62(47(13)23-3)90-69(105)53(41-98)86-75(111)63(49(15)99)92-72(108)60(45(10)11)88-71(107)59(44(8)9)89-76(64)112/h33,42-51,53-55,58-66,98-100H,21-32,34-41H2,1-20H3,(H,81,82)(H,83,113)(H,84,109)(H,85,103)(H,86,111)(H,87,101)(H,88,107)(H,89,112)(H,90,105)(H,91,106)(H,92,108)(H,93,104)(H,94,110)/b52-33+/t46?,47?,48?,49-,50-,51-,53?,54?,55?,58?,59?,60?,61?,62?,63-,64-,65+,66+/m1/s1. The Morgan fingerprint density at radius 1 is 0.647 bits per heavy atom. The number of ether oxygens (including phenoxy) is 1. The second-order valence-corrected chi connectivity index (χ2v) is 32.6. The molecule has 36 heteroatoms. The van der Waals surface area contributed by atoms with Crippen molar-refractivity contribution in [2.24, 2.45) is 40.5 Å². The Bertz CT molecular complexity index is 3390. The van der Waals surface area contributed by atoms with Crippen molar-refractivity contribution >= 4 is 94.6 Å². The number of likely N-dealkylation sites (N-methyl/N-ethyl adjacent to an activating group) is 2. The number of guanidine groups is 1. The zero-order chi connectivity index (χ0) is 87.7.